The minimum atomic E-state index is -0.265. The summed E-state index contributed by atoms with van der Waals surface area (Å²) >= 11 is 0. The first kappa shape index (κ1) is 16.9. The lowest BCUT2D eigenvalue weighted by atomic mass is 10.3. The van der Waals surface area contributed by atoms with Crippen molar-refractivity contribution < 1.29 is 9.59 Å². The Bertz CT molecular complexity index is 463. The lowest BCUT2D eigenvalue weighted by Crippen LogP contribution is -2.31. The number of carbonyl (C=O) groups excluding carboxylic acids is 2. The monoisotopic (exact) mass is 292 g/mol. The van der Waals surface area contributed by atoms with Crippen LogP contribution in [0.5, 0.6) is 0 Å². The summed E-state index contributed by atoms with van der Waals surface area (Å²) in [6, 6.07) is 5.27. The zero-order chi connectivity index (χ0) is 15.5. The Labute approximate surface area is 125 Å². The van der Waals surface area contributed by atoms with Crippen LogP contribution in [0.1, 0.15) is 43.6 Å². The van der Waals surface area contributed by atoms with Gasteiger partial charge in [-0.05, 0) is 25.0 Å². The van der Waals surface area contributed by atoms with E-state index >= 15 is 0 Å². The van der Waals surface area contributed by atoms with Crippen molar-refractivity contribution in [1.82, 2.24) is 15.6 Å². The molecule has 0 aromatic carbocycles. The Kier molecular flexibility index (Phi) is 7.86. The summed E-state index contributed by atoms with van der Waals surface area (Å²) in [6.45, 7) is 5.85. The number of pyridine rings is 1. The summed E-state index contributed by atoms with van der Waals surface area (Å²) in [4.78, 5) is 27.6. The van der Waals surface area contributed by atoms with Crippen molar-refractivity contribution in [1.29, 1.82) is 0 Å². The fourth-order valence-electron chi connectivity index (χ4n) is 1.65. The molecule has 2 amide bonds. The van der Waals surface area contributed by atoms with E-state index in [9.17, 15) is 9.59 Å². The molecular formula is C15H24N4O2. The Morgan fingerprint density at radius 3 is 2.52 bits per heavy atom. The summed E-state index contributed by atoms with van der Waals surface area (Å²) < 4.78 is 0. The Balaban J connectivity index is 2.39. The largest absolute Gasteiger partial charge is 0.370 e. The first-order valence-corrected chi connectivity index (χ1v) is 7.43. The second-order valence-corrected chi connectivity index (χ2v) is 4.69. The molecule has 0 saturated carbocycles. The van der Waals surface area contributed by atoms with Gasteiger partial charge in [-0.25, -0.2) is 4.98 Å². The summed E-state index contributed by atoms with van der Waals surface area (Å²) in [5, 5.41) is 8.59. The van der Waals surface area contributed by atoms with E-state index in [1.54, 1.807) is 12.1 Å². The number of nitrogens with zero attached hydrogens (tertiary/aromatic N) is 1. The molecule has 0 atom stereocenters. The second-order valence-electron chi connectivity index (χ2n) is 4.69. The predicted octanol–water partition coefficient (Wildman–Crippen LogP) is 1.55. The van der Waals surface area contributed by atoms with Crippen LogP contribution in [0.25, 0.3) is 0 Å². The molecule has 6 nitrogen and oxygen atoms in total. The number of rotatable bonds is 9. The van der Waals surface area contributed by atoms with Gasteiger partial charge < -0.3 is 16.0 Å². The summed E-state index contributed by atoms with van der Waals surface area (Å²) in [7, 11) is 0. The number of nitrogens with one attached hydrogen (secondary N) is 3. The molecule has 1 heterocycles. The molecule has 21 heavy (non-hydrogen) atoms. The third-order valence-corrected chi connectivity index (χ3v) is 2.75. The van der Waals surface area contributed by atoms with Crippen molar-refractivity contribution in [3.8, 4) is 0 Å². The third-order valence-electron chi connectivity index (χ3n) is 2.75. The Morgan fingerprint density at radius 1 is 1.05 bits per heavy atom. The molecule has 0 fully saturated rings. The van der Waals surface area contributed by atoms with Gasteiger partial charge in [-0.15, -0.1) is 0 Å². The molecule has 0 radical (unpaired) electrons. The molecule has 1 aromatic heterocycles. The van der Waals surface area contributed by atoms with Crippen LogP contribution in [0.2, 0.25) is 0 Å². The van der Waals surface area contributed by atoms with E-state index in [1.165, 1.54) is 0 Å². The molecule has 0 aliphatic rings. The molecule has 0 spiro atoms. The first-order valence-electron chi connectivity index (χ1n) is 7.43. The maximum absolute atomic E-state index is 11.9. The maximum Gasteiger partial charge on any atom is 0.269 e. The lowest BCUT2D eigenvalue weighted by Gasteiger charge is -2.07. The first-order chi connectivity index (χ1) is 10.2. The van der Waals surface area contributed by atoms with Gasteiger partial charge in [0.25, 0.3) is 5.91 Å². The van der Waals surface area contributed by atoms with Gasteiger partial charge in [0.05, 0.1) is 0 Å². The van der Waals surface area contributed by atoms with Crippen LogP contribution >= 0.6 is 0 Å². The minimum Gasteiger partial charge on any atom is -0.370 e. The highest BCUT2D eigenvalue weighted by Crippen LogP contribution is 2.04. The zero-order valence-electron chi connectivity index (χ0n) is 12.7. The van der Waals surface area contributed by atoms with Gasteiger partial charge in [0.1, 0.15) is 11.5 Å². The van der Waals surface area contributed by atoms with Gasteiger partial charge in [-0.1, -0.05) is 19.9 Å². The molecule has 6 heteroatoms. The van der Waals surface area contributed by atoms with Crippen LogP contribution in [0.4, 0.5) is 5.82 Å². The van der Waals surface area contributed by atoms with Crippen LogP contribution in [0, 0.1) is 0 Å². The molecule has 0 aliphatic heterocycles. The molecule has 1 aromatic rings. The van der Waals surface area contributed by atoms with Gasteiger partial charge in [-0.3, -0.25) is 9.59 Å². The highest BCUT2D eigenvalue weighted by molar-refractivity contribution is 5.92. The number of hydrogen-bond donors (Lipinski definition) is 3. The molecule has 0 saturated heterocycles. The number of anilines is 1. The van der Waals surface area contributed by atoms with Crippen LogP contribution in [0.3, 0.4) is 0 Å². The van der Waals surface area contributed by atoms with Gasteiger partial charge in [0, 0.05) is 26.1 Å². The number of carbonyl (C=O) groups is 2. The Hall–Kier alpha value is -2.11. The van der Waals surface area contributed by atoms with E-state index in [0.717, 1.165) is 19.4 Å². The standard InChI is InChI=1S/C15H24N4O2/c1-3-9-16-13-7-5-6-12(19-13)15(21)18-11-8-14(20)17-10-4-2/h5-7H,3-4,8-11H2,1-2H3,(H,16,19)(H,17,20)(H,18,21). The van der Waals surface area contributed by atoms with E-state index in [1.807, 2.05) is 13.0 Å². The number of hydrogen-bond acceptors (Lipinski definition) is 4. The van der Waals surface area contributed by atoms with Gasteiger partial charge in [0.15, 0.2) is 0 Å². The third kappa shape index (κ3) is 6.74. The zero-order valence-corrected chi connectivity index (χ0v) is 12.7. The number of aromatic nitrogens is 1. The summed E-state index contributed by atoms with van der Waals surface area (Å²) in [6.07, 6.45) is 2.17. The fourth-order valence-corrected chi connectivity index (χ4v) is 1.65. The summed E-state index contributed by atoms with van der Waals surface area (Å²) in [5.74, 6) is 0.368. The van der Waals surface area contributed by atoms with Crippen molar-refractivity contribution in [2.45, 2.75) is 33.1 Å². The molecule has 116 valence electrons. The van der Waals surface area contributed by atoms with Crippen molar-refractivity contribution in [2.75, 3.05) is 25.0 Å². The van der Waals surface area contributed by atoms with Crippen LogP contribution in [-0.2, 0) is 4.79 Å². The molecule has 0 aliphatic carbocycles. The Morgan fingerprint density at radius 2 is 1.81 bits per heavy atom. The smallest absolute Gasteiger partial charge is 0.269 e. The minimum absolute atomic E-state index is 0.0523. The quantitative estimate of drug-likeness (QED) is 0.645. The van der Waals surface area contributed by atoms with E-state index in [-0.39, 0.29) is 18.2 Å². The number of amides is 2. The average Bonchev–Trinajstić information content (AvgIpc) is 2.51. The van der Waals surface area contributed by atoms with Gasteiger partial charge >= 0.3 is 0 Å². The van der Waals surface area contributed by atoms with Crippen LogP contribution < -0.4 is 16.0 Å². The molecule has 1 rings (SSSR count). The fraction of sp³-hybridized carbons (Fsp3) is 0.533. The lowest BCUT2D eigenvalue weighted by molar-refractivity contribution is -0.120. The van der Waals surface area contributed by atoms with Crippen LogP contribution in [-0.4, -0.2) is 36.4 Å². The molecule has 3 N–H and O–H groups in total. The van der Waals surface area contributed by atoms with Crippen molar-refractivity contribution in [2.24, 2.45) is 0 Å². The van der Waals surface area contributed by atoms with E-state index in [4.69, 9.17) is 0 Å². The van der Waals surface area contributed by atoms with Crippen molar-refractivity contribution >= 4 is 17.6 Å². The highest BCUT2D eigenvalue weighted by Gasteiger charge is 2.08. The topological polar surface area (TPSA) is 83.1 Å². The molecular weight excluding hydrogens is 268 g/mol. The van der Waals surface area contributed by atoms with Crippen molar-refractivity contribution in [3.05, 3.63) is 23.9 Å². The SMILES string of the molecule is CCCNC(=O)CCNC(=O)c1cccc(NCCC)n1. The molecule has 0 unspecified atom stereocenters. The second kappa shape index (κ2) is 9.74. The van der Waals surface area contributed by atoms with E-state index in [0.29, 0.717) is 24.6 Å². The van der Waals surface area contributed by atoms with Crippen LogP contribution in [0.15, 0.2) is 18.2 Å². The van der Waals surface area contributed by atoms with Gasteiger partial charge in [0.2, 0.25) is 5.91 Å². The van der Waals surface area contributed by atoms with Gasteiger partial charge in [-0.2, -0.15) is 0 Å². The normalized spacial score (nSPS) is 10.0. The van der Waals surface area contributed by atoms with E-state index < -0.39 is 0 Å². The highest BCUT2D eigenvalue weighted by atomic mass is 16.2. The van der Waals surface area contributed by atoms with Crippen molar-refractivity contribution in [3.63, 3.8) is 0 Å². The maximum atomic E-state index is 11.9. The molecule has 0 bridgehead atoms. The van der Waals surface area contributed by atoms with E-state index in [2.05, 4.69) is 27.9 Å². The predicted molar refractivity (Wildman–Crippen MR) is 83.3 cm³/mol. The summed E-state index contributed by atoms with van der Waals surface area (Å²) in [5.41, 5.74) is 0.352. The average molecular weight is 292 g/mol.